The number of halogens is 1. The molecule has 176 valence electrons. The molecule has 1 aromatic carbocycles. The number of nitrogens with zero attached hydrogens (tertiary/aromatic N) is 6. The van der Waals surface area contributed by atoms with Crippen LogP contribution in [0.15, 0.2) is 27.8 Å². The van der Waals surface area contributed by atoms with Gasteiger partial charge in [0, 0.05) is 14.2 Å². The van der Waals surface area contributed by atoms with Crippen LogP contribution in [0.5, 0.6) is 0 Å². The Morgan fingerprint density at radius 3 is 2.74 bits per heavy atom. The van der Waals surface area contributed by atoms with Gasteiger partial charge in [-0.2, -0.15) is 10.2 Å². The molecular weight excluding hydrogens is 460 g/mol. The summed E-state index contributed by atoms with van der Waals surface area (Å²) in [5.41, 5.74) is 0.812. The Labute approximate surface area is 199 Å². The first-order chi connectivity index (χ1) is 16.5. The van der Waals surface area contributed by atoms with Gasteiger partial charge in [-0.15, -0.1) is 0 Å². The average Bonchev–Trinajstić information content (AvgIpc) is 3.58. The number of nitriles is 1. The van der Waals surface area contributed by atoms with Crippen LogP contribution < -0.4 is 5.56 Å². The number of fused-ring (bicyclic) bond motifs is 3. The van der Waals surface area contributed by atoms with E-state index in [0.29, 0.717) is 16.9 Å². The molecule has 5 rings (SSSR count). The van der Waals surface area contributed by atoms with Gasteiger partial charge < -0.3 is 14.0 Å². The van der Waals surface area contributed by atoms with E-state index in [2.05, 4.69) is 21.2 Å². The molecule has 4 aromatic rings. The van der Waals surface area contributed by atoms with Crippen molar-refractivity contribution >= 4 is 28.2 Å². The molecule has 0 radical (unpaired) electrons. The van der Waals surface area contributed by atoms with Crippen LogP contribution in [0, 0.1) is 11.3 Å². The van der Waals surface area contributed by atoms with Crippen LogP contribution >= 0.6 is 11.6 Å². The minimum Gasteiger partial charge on any atom is -0.383 e. The first-order valence-corrected chi connectivity index (χ1v) is 11.4. The van der Waals surface area contributed by atoms with Crippen molar-refractivity contribution in [2.75, 3.05) is 20.8 Å². The van der Waals surface area contributed by atoms with Gasteiger partial charge in [0.2, 0.25) is 5.82 Å². The highest BCUT2D eigenvalue weighted by molar-refractivity contribution is 6.32. The standard InChI is InChI=1S/C23H23ClN6O4/c1-13(11-32-2)30-18-14(10-25)15(24)6-7-16(18)29-12-26-17(19(29)21(30)31)20-27-22(34-28-20)23(33-3)8-4-5-9-23/h6-7,12-13H,4-5,8-9,11H2,1-3H3. The van der Waals surface area contributed by atoms with Gasteiger partial charge in [0.25, 0.3) is 11.4 Å². The molecule has 1 fully saturated rings. The Bertz CT molecular complexity index is 1490. The van der Waals surface area contributed by atoms with Crippen molar-refractivity contribution in [1.82, 2.24) is 24.1 Å². The van der Waals surface area contributed by atoms with Gasteiger partial charge in [-0.25, -0.2) is 4.98 Å². The molecule has 11 heteroatoms. The monoisotopic (exact) mass is 482 g/mol. The third kappa shape index (κ3) is 3.23. The van der Waals surface area contributed by atoms with E-state index in [9.17, 15) is 10.1 Å². The lowest BCUT2D eigenvalue weighted by Gasteiger charge is -2.22. The second-order valence-corrected chi connectivity index (χ2v) is 8.93. The van der Waals surface area contributed by atoms with Crippen molar-refractivity contribution in [1.29, 1.82) is 5.26 Å². The summed E-state index contributed by atoms with van der Waals surface area (Å²) in [4.78, 5) is 22.9. The molecule has 1 atom stereocenters. The maximum absolute atomic E-state index is 13.9. The van der Waals surface area contributed by atoms with Crippen molar-refractivity contribution in [2.45, 2.75) is 44.2 Å². The number of methoxy groups -OCH3 is 2. The third-order valence-electron chi connectivity index (χ3n) is 6.59. The van der Waals surface area contributed by atoms with E-state index in [-0.39, 0.29) is 45.8 Å². The molecule has 1 saturated carbocycles. The number of ether oxygens (including phenoxy) is 2. The van der Waals surface area contributed by atoms with Crippen LogP contribution in [0.1, 0.15) is 50.1 Å². The van der Waals surface area contributed by atoms with E-state index in [1.165, 1.54) is 10.9 Å². The van der Waals surface area contributed by atoms with Gasteiger partial charge in [0.15, 0.2) is 0 Å². The van der Waals surface area contributed by atoms with Crippen molar-refractivity contribution in [2.24, 2.45) is 0 Å². The zero-order valence-corrected chi connectivity index (χ0v) is 19.8. The summed E-state index contributed by atoms with van der Waals surface area (Å²) in [5, 5.41) is 14.2. The molecule has 0 amide bonds. The fraction of sp³-hybridized carbons (Fsp3) is 0.435. The Balaban J connectivity index is 1.79. The highest BCUT2D eigenvalue weighted by atomic mass is 35.5. The normalized spacial score (nSPS) is 16.3. The smallest absolute Gasteiger partial charge is 0.278 e. The highest BCUT2D eigenvalue weighted by Crippen LogP contribution is 2.41. The first kappa shape index (κ1) is 22.5. The summed E-state index contributed by atoms with van der Waals surface area (Å²) in [5.74, 6) is 0.591. The predicted molar refractivity (Wildman–Crippen MR) is 124 cm³/mol. The van der Waals surface area contributed by atoms with Crippen LogP contribution in [0.3, 0.4) is 0 Å². The molecule has 0 N–H and O–H groups in total. The van der Waals surface area contributed by atoms with E-state index in [1.807, 2.05) is 6.92 Å². The lowest BCUT2D eigenvalue weighted by Crippen LogP contribution is -2.28. The Morgan fingerprint density at radius 1 is 1.29 bits per heavy atom. The summed E-state index contributed by atoms with van der Waals surface area (Å²) >= 11 is 6.32. The third-order valence-corrected chi connectivity index (χ3v) is 6.90. The largest absolute Gasteiger partial charge is 0.383 e. The topological polar surface area (TPSA) is 120 Å². The van der Waals surface area contributed by atoms with E-state index in [0.717, 1.165) is 25.7 Å². The Kier molecular flexibility index (Phi) is 5.64. The van der Waals surface area contributed by atoms with E-state index in [1.54, 1.807) is 30.8 Å². The average molecular weight is 483 g/mol. The summed E-state index contributed by atoms with van der Waals surface area (Å²) in [7, 11) is 3.20. The number of imidazole rings is 1. The SMILES string of the molecule is COCC(C)n1c(=O)c2c(-c3noc(C4(OC)CCCC4)n3)ncn2c2ccc(Cl)c(C#N)c21. The molecule has 0 aliphatic heterocycles. The van der Waals surface area contributed by atoms with Gasteiger partial charge in [0.05, 0.1) is 34.3 Å². The van der Waals surface area contributed by atoms with Crippen molar-refractivity contribution < 1.29 is 14.0 Å². The Morgan fingerprint density at radius 2 is 2.06 bits per heavy atom. The highest BCUT2D eigenvalue weighted by Gasteiger charge is 2.41. The molecule has 1 aliphatic rings. The quantitative estimate of drug-likeness (QED) is 0.406. The number of aromatic nitrogens is 5. The van der Waals surface area contributed by atoms with E-state index >= 15 is 0 Å². The maximum Gasteiger partial charge on any atom is 0.278 e. The van der Waals surface area contributed by atoms with Gasteiger partial charge in [-0.3, -0.25) is 13.8 Å². The number of rotatable bonds is 6. The zero-order chi connectivity index (χ0) is 24.0. The molecule has 3 heterocycles. The lowest BCUT2D eigenvalue weighted by atomic mass is 10.0. The molecule has 3 aromatic heterocycles. The van der Waals surface area contributed by atoms with Crippen molar-refractivity contribution in [3.8, 4) is 17.6 Å². The van der Waals surface area contributed by atoms with Crippen LogP contribution in [0.2, 0.25) is 5.02 Å². The second kappa shape index (κ2) is 8.51. The Hall–Kier alpha value is -3.26. The van der Waals surface area contributed by atoms with Crippen LogP contribution in [0.25, 0.3) is 28.1 Å². The molecule has 34 heavy (non-hydrogen) atoms. The summed E-state index contributed by atoms with van der Waals surface area (Å²) in [6.45, 7) is 2.10. The maximum atomic E-state index is 13.9. The minimum atomic E-state index is -0.612. The van der Waals surface area contributed by atoms with E-state index in [4.69, 9.17) is 25.6 Å². The summed E-state index contributed by atoms with van der Waals surface area (Å²) < 4.78 is 19.8. The minimum absolute atomic E-state index is 0.206. The van der Waals surface area contributed by atoms with Gasteiger partial charge in [0.1, 0.15) is 29.2 Å². The van der Waals surface area contributed by atoms with Gasteiger partial charge in [-0.05, 0) is 44.7 Å². The first-order valence-electron chi connectivity index (χ1n) is 11.0. The predicted octanol–water partition coefficient (Wildman–Crippen LogP) is 3.85. The molecule has 0 bridgehead atoms. The van der Waals surface area contributed by atoms with Crippen LogP contribution in [-0.2, 0) is 15.1 Å². The zero-order valence-electron chi connectivity index (χ0n) is 19.0. The molecule has 0 saturated heterocycles. The summed E-state index contributed by atoms with van der Waals surface area (Å²) in [6, 6.07) is 5.14. The van der Waals surface area contributed by atoms with Crippen molar-refractivity contribution in [3.05, 3.63) is 45.3 Å². The second-order valence-electron chi connectivity index (χ2n) is 8.52. The number of hydrogen-bond acceptors (Lipinski definition) is 8. The molecule has 1 unspecified atom stereocenters. The van der Waals surface area contributed by atoms with Crippen LogP contribution in [-0.4, -0.2) is 44.9 Å². The summed E-state index contributed by atoms with van der Waals surface area (Å²) in [6.07, 6.45) is 5.12. The molecular formula is C23H23ClN6O4. The number of hydrogen-bond donors (Lipinski definition) is 0. The fourth-order valence-electron chi connectivity index (χ4n) is 4.91. The fourth-order valence-corrected chi connectivity index (χ4v) is 5.10. The van der Waals surface area contributed by atoms with Gasteiger partial charge in [-0.1, -0.05) is 16.8 Å². The lowest BCUT2D eigenvalue weighted by molar-refractivity contribution is -0.0342. The van der Waals surface area contributed by atoms with Gasteiger partial charge >= 0.3 is 0 Å². The van der Waals surface area contributed by atoms with Crippen LogP contribution in [0.4, 0.5) is 0 Å². The molecule has 10 nitrogen and oxygen atoms in total. The number of benzene rings is 1. The van der Waals surface area contributed by atoms with Crippen molar-refractivity contribution in [3.63, 3.8) is 0 Å². The molecule has 1 aliphatic carbocycles. The molecule has 0 spiro atoms. The van der Waals surface area contributed by atoms with E-state index < -0.39 is 5.60 Å².